The minimum atomic E-state index is -1.15. The maximum atomic E-state index is 13.2. The fourth-order valence-electron chi connectivity index (χ4n) is 2.23. The molecule has 2 aromatic rings. The molecular formula is C20H19F2NO4S. The molecule has 8 heteroatoms. The molecule has 0 spiro atoms. The molecule has 5 nitrogen and oxygen atoms in total. The van der Waals surface area contributed by atoms with Crippen LogP contribution in [0.1, 0.15) is 34.6 Å². The van der Waals surface area contributed by atoms with Crippen LogP contribution < -0.4 is 5.32 Å². The summed E-state index contributed by atoms with van der Waals surface area (Å²) in [5.74, 6) is -3.68. The first-order chi connectivity index (χ1) is 13.3. The molecule has 0 saturated heterocycles. The zero-order valence-corrected chi connectivity index (χ0v) is 16.1. The largest absolute Gasteiger partial charge is 0.454 e. The van der Waals surface area contributed by atoms with E-state index in [0.717, 1.165) is 18.2 Å². The number of hydrogen-bond acceptors (Lipinski definition) is 5. The number of amides is 1. The molecule has 148 valence electrons. The van der Waals surface area contributed by atoms with Crippen LogP contribution in [-0.4, -0.2) is 36.1 Å². The summed E-state index contributed by atoms with van der Waals surface area (Å²) in [6, 6.07) is 9.24. The number of carbonyl (C=O) groups excluding carboxylic acids is 3. The van der Waals surface area contributed by atoms with Gasteiger partial charge in [0.25, 0.3) is 0 Å². The van der Waals surface area contributed by atoms with Crippen molar-refractivity contribution < 1.29 is 27.9 Å². The summed E-state index contributed by atoms with van der Waals surface area (Å²) >= 11 is 1.17. The Kier molecular flexibility index (Phi) is 7.69. The molecule has 0 aromatic heterocycles. The zero-order chi connectivity index (χ0) is 20.7. The summed E-state index contributed by atoms with van der Waals surface area (Å²) in [6.07, 6.45) is 0. The first-order valence-corrected chi connectivity index (χ1v) is 9.43. The second-order valence-corrected chi connectivity index (χ2v) is 7.15. The highest BCUT2D eigenvalue weighted by atomic mass is 32.2. The van der Waals surface area contributed by atoms with Gasteiger partial charge < -0.3 is 10.1 Å². The van der Waals surface area contributed by atoms with Crippen molar-refractivity contribution in [2.24, 2.45) is 0 Å². The smallest absolute Gasteiger partial charge is 0.339 e. The van der Waals surface area contributed by atoms with E-state index in [1.54, 1.807) is 18.2 Å². The third-order valence-corrected chi connectivity index (χ3v) is 4.56. The Morgan fingerprint density at radius 3 is 2.46 bits per heavy atom. The van der Waals surface area contributed by atoms with Crippen LogP contribution in [0.25, 0.3) is 0 Å². The fraction of sp³-hybridized carbons (Fsp3) is 0.250. The van der Waals surface area contributed by atoms with Crippen molar-refractivity contribution in [3.8, 4) is 0 Å². The van der Waals surface area contributed by atoms with Gasteiger partial charge >= 0.3 is 5.97 Å². The van der Waals surface area contributed by atoms with E-state index in [0.29, 0.717) is 4.90 Å². The van der Waals surface area contributed by atoms with Crippen molar-refractivity contribution >= 4 is 29.4 Å². The highest BCUT2D eigenvalue weighted by molar-refractivity contribution is 8.00. The summed E-state index contributed by atoms with van der Waals surface area (Å²) in [4.78, 5) is 36.7. The molecule has 0 saturated carbocycles. The van der Waals surface area contributed by atoms with Crippen LogP contribution >= 0.6 is 11.8 Å². The molecule has 28 heavy (non-hydrogen) atoms. The van der Waals surface area contributed by atoms with Gasteiger partial charge in [0.1, 0.15) is 0 Å². The van der Waals surface area contributed by atoms with Gasteiger partial charge in [0.15, 0.2) is 24.0 Å². The first kappa shape index (κ1) is 21.6. The van der Waals surface area contributed by atoms with Crippen LogP contribution in [0.2, 0.25) is 0 Å². The average Bonchev–Trinajstić information content (AvgIpc) is 2.66. The normalized spacial score (nSPS) is 10.6. The van der Waals surface area contributed by atoms with Gasteiger partial charge in [0.05, 0.1) is 11.3 Å². The lowest BCUT2D eigenvalue weighted by Gasteiger charge is -2.10. The fourth-order valence-corrected chi connectivity index (χ4v) is 3.08. The molecule has 0 aliphatic heterocycles. The number of halogens is 2. The minimum Gasteiger partial charge on any atom is -0.454 e. The number of ether oxygens (including phenoxy) is 1. The van der Waals surface area contributed by atoms with Crippen LogP contribution in [0.15, 0.2) is 47.4 Å². The summed E-state index contributed by atoms with van der Waals surface area (Å²) in [7, 11) is 0. The maximum absolute atomic E-state index is 13.2. The number of rotatable bonds is 8. The van der Waals surface area contributed by atoms with Gasteiger partial charge in [-0.2, -0.15) is 0 Å². The highest BCUT2D eigenvalue weighted by Gasteiger charge is 2.17. The Labute approximate surface area is 165 Å². The van der Waals surface area contributed by atoms with Crippen molar-refractivity contribution in [3.05, 3.63) is 65.2 Å². The van der Waals surface area contributed by atoms with Gasteiger partial charge in [-0.1, -0.05) is 12.1 Å². The van der Waals surface area contributed by atoms with Gasteiger partial charge in [-0.3, -0.25) is 9.59 Å². The Bertz CT molecular complexity index is 886. The summed E-state index contributed by atoms with van der Waals surface area (Å²) in [6.45, 7) is 3.08. The van der Waals surface area contributed by atoms with E-state index in [2.05, 4.69) is 5.32 Å². The predicted octanol–water partition coefficient (Wildman–Crippen LogP) is 3.62. The molecule has 0 heterocycles. The molecule has 0 atom stereocenters. The number of ketones is 1. The topological polar surface area (TPSA) is 72.5 Å². The SMILES string of the molecule is CC(C)NC(=O)CSc1ccccc1C(=O)OCC(=O)c1ccc(F)c(F)c1. The average molecular weight is 407 g/mol. The molecular weight excluding hydrogens is 388 g/mol. The van der Waals surface area contributed by atoms with Gasteiger partial charge in [-0.05, 0) is 44.2 Å². The van der Waals surface area contributed by atoms with Crippen molar-refractivity contribution in [2.45, 2.75) is 24.8 Å². The highest BCUT2D eigenvalue weighted by Crippen LogP contribution is 2.23. The van der Waals surface area contributed by atoms with E-state index < -0.39 is 30.0 Å². The van der Waals surface area contributed by atoms with E-state index in [1.807, 2.05) is 13.8 Å². The second-order valence-electron chi connectivity index (χ2n) is 6.14. The third kappa shape index (κ3) is 6.16. The molecule has 0 aliphatic rings. The monoisotopic (exact) mass is 407 g/mol. The number of hydrogen-bond donors (Lipinski definition) is 1. The van der Waals surface area contributed by atoms with E-state index in [1.165, 1.54) is 17.8 Å². The lowest BCUT2D eigenvalue weighted by molar-refractivity contribution is -0.119. The summed E-state index contributed by atoms with van der Waals surface area (Å²) < 4.78 is 31.2. The Morgan fingerprint density at radius 2 is 1.79 bits per heavy atom. The molecule has 0 unspecified atom stereocenters. The maximum Gasteiger partial charge on any atom is 0.339 e. The van der Waals surface area contributed by atoms with Crippen LogP contribution in [-0.2, 0) is 9.53 Å². The molecule has 1 N–H and O–H groups in total. The standard InChI is InChI=1S/C20H19F2NO4S/c1-12(2)23-19(25)11-28-18-6-4-3-5-14(18)20(26)27-10-17(24)13-7-8-15(21)16(22)9-13/h3-9,12H,10-11H2,1-2H3,(H,23,25). The molecule has 0 bridgehead atoms. The van der Waals surface area contributed by atoms with Crippen molar-refractivity contribution in [3.63, 3.8) is 0 Å². The number of esters is 1. The van der Waals surface area contributed by atoms with E-state index in [4.69, 9.17) is 4.74 Å². The number of benzene rings is 2. The van der Waals surface area contributed by atoms with Crippen molar-refractivity contribution in [1.82, 2.24) is 5.32 Å². The molecule has 1 amide bonds. The number of carbonyl (C=O) groups is 3. The van der Waals surface area contributed by atoms with Crippen LogP contribution in [0, 0.1) is 11.6 Å². The van der Waals surface area contributed by atoms with E-state index >= 15 is 0 Å². The van der Waals surface area contributed by atoms with Gasteiger partial charge in [0, 0.05) is 16.5 Å². The van der Waals surface area contributed by atoms with Crippen LogP contribution in [0.3, 0.4) is 0 Å². The molecule has 0 aliphatic carbocycles. The van der Waals surface area contributed by atoms with Crippen molar-refractivity contribution in [1.29, 1.82) is 0 Å². The van der Waals surface area contributed by atoms with Crippen LogP contribution in [0.5, 0.6) is 0 Å². The van der Waals surface area contributed by atoms with E-state index in [-0.39, 0.29) is 28.8 Å². The lowest BCUT2D eigenvalue weighted by atomic mass is 10.1. The third-order valence-electron chi connectivity index (χ3n) is 3.49. The number of Topliss-reactive ketones (excluding diaryl/α,β-unsaturated/α-hetero) is 1. The Hall–Kier alpha value is -2.74. The number of thioether (sulfide) groups is 1. The Morgan fingerprint density at radius 1 is 1.07 bits per heavy atom. The van der Waals surface area contributed by atoms with Crippen LogP contribution in [0.4, 0.5) is 8.78 Å². The Balaban J connectivity index is 1.99. The molecule has 0 radical (unpaired) electrons. The molecule has 2 aromatic carbocycles. The van der Waals surface area contributed by atoms with Gasteiger partial charge in [0.2, 0.25) is 5.91 Å². The van der Waals surface area contributed by atoms with Gasteiger partial charge in [-0.25, -0.2) is 13.6 Å². The van der Waals surface area contributed by atoms with Gasteiger partial charge in [-0.15, -0.1) is 11.8 Å². The summed E-state index contributed by atoms with van der Waals surface area (Å²) in [5, 5.41) is 2.75. The second kappa shape index (κ2) is 9.98. The predicted molar refractivity (Wildman–Crippen MR) is 101 cm³/mol. The quantitative estimate of drug-likeness (QED) is 0.411. The molecule has 0 fully saturated rings. The zero-order valence-electron chi connectivity index (χ0n) is 15.3. The summed E-state index contributed by atoms with van der Waals surface area (Å²) in [5.41, 5.74) is 0.114. The first-order valence-electron chi connectivity index (χ1n) is 8.44. The van der Waals surface area contributed by atoms with Crippen molar-refractivity contribution in [2.75, 3.05) is 12.4 Å². The molecule has 2 rings (SSSR count). The van der Waals surface area contributed by atoms with E-state index in [9.17, 15) is 23.2 Å². The lowest BCUT2D eigenvalue weighted by Crippen LogP contribution is -2.31. The number of nitrogens with one attached hydrogen (secondary N) is 1. The minimum absolute atomic E-state index is 0.00983.